The predicted molar refractivity (Wildman–Crippen MR) is 21.7 cm³/mol. The molecular formula is C4H6NOY-. The maximum Gasteiger partial charge on any atom is 0.164 e. The van der Waals surface area contributed by atoms with Crippen LogP contribution < -0.4 is 0 Å². The first-order chi connectivity index (χ1) is 2.80. The van der Waals surface area contributed by atoms with Gasteiger partial charge in [0, 0.05) is 32.7 Å². The maximum atomic E-state index is 10.1. The van der Waals surface area contributed by atoms with Crippen LogP contribution in [0, 0.1) is 6.54 Å². The molecule has 0 N–H and O–H groups in total. The van der Waals surface area contributed by atoms with Crippen molar-refractivity contribution < 1.29 is 37.5 Å². The molecule has 1 heterocycles. The van der Waals surface area contributed by atoms with E-state index in [1.54, 1.807) is 11.9 Å². The van der Waals surface area contributed by atoms with Gasteiger partial charge in [0.05, 0.1) is 0 Å². The molecule has 0 saturated carbocycles. The van der Waals surface area contributed by atoms with Crippen LogP contribution in [0.25, 0.3) is 0 Å². The number of hydrogen-bond donors (Lipinski definition) is 0. The molecule has 0 aromatic carbocycles. The Balaban J connectivity index is 0.000000360. The zero-order valence-corrected chi connectivity index (χ0v) is 7.06. The van der Waals surface area contributed by atoms with Crippen LogP contribution in [-0.4, -0.2) is 17.9 Å². The monoisotopic (exact) mass is 173 g/mol. The molecule has 0 spiro atoms. The first kappa shape index (κ1) is 7.57. The van der Waals surface area contributed by atoms with Crippen molar-refractivity contribution in [2.45, 2.75) is 6.42 Å². The third-order valence-electron chi connectivity index (χ3n) is 0.933. The Morgan fingerprint density at radius 1 is 1.86 bits per heavy atom. The Morgan fingerprint density at radius 3 is 2.29 bits per heavy atom. The van der Waals surface area contributed by atoms with Crippen LogP contribution >= 0.6 is 0 Å². The summed E-state index contributed by atoms with van der Waals surface area (Å²) in [6.07, 6.45) is 0.635. The molecule has 3 heteroatoms. The van der Waals surface area contributed by atoms with Gasteiger partial charge in [-0.25, -0.2) is 6.54 Å². The third-order valence-corrected chi connectivity index (χ3v) is 0.933. The second kappa shape index (κ2) is 2.78. The average Bonchev–Trinajstić information content (AvgIpc) is 1.61. The summed E-state index contributed by atoms with van der Waals surface area (Å²) in [4.78, 5) is 11.7. The van der Waals surface area contributed by atoms with Gasteiger partial charge in [-0.2, -0.15) is 0 Å². The second-order valence-corrected chi connectivity index (χ2v) is 1.39. The predicted octanol–water partition coefficient (Wildman–Crippen LogP) is 0.00779. The number of carbonyl (C=O) groups is 1. The molecule has 0 aromatic rings. The molecule has 1 rings (SSSR count). The summed E-state index contributed by atoms with van der Waals surface area (Å²) in [5, 5.41) is 0. The van der Waals surface area contributed by atoms with Crippen molar-refractivity contribution in [1.29, 1.82) is 0 Å². The summed E-state index contributed by atoms with van der Waals surface area (Å²) in [5.41, 5.74) is 0. The maximum absolute atomic E-state index is 10.1. The van der Waals surface area contributed by atoms with Gasteiger partial charge in [-0.15, -0.1) is 0 Å². The van der Waals surface area contributed by atoms with Crippen LogP contribution in [0.5, 0.6) is 0 Å². The Hall–Kier alpha value is 0.574. The summed E-state index contributed by atoms with van der Waals surface area (Å²) in [5.74, 6) is 0.218. The van der Waals surface area contributed by atoms with E-state index in [4.69, 9.17) is 0 Å². The van der Waals surface area contributed by atoms with Gasteiger partial charge >= 0.3 is 0 Å². The Kier molecular flexibility index (Phi) is 3.01. The normalized spacial score (nSPS) is 17.9. The molecule has 0 aromatic heterocycles. The summed E-state index contributed by atoms with van der Waals surface area (Å²) in [6.45, 7) is 1.85. The summed E-state index contributed by atoms with van der Waals surface area (Å²) >= 11 is 0. The molecule has 0 atom stereocenters. The van der Waals surface area contributed by atoms with Crippen molar-refractivity contribution >= 4 is 5.91 Å². The SMILES string of the molecule is CN1[CH-]CC1=O.[Y]. The van der Waals surface area contributed by atoms with Crippen LogP contribution in [-0.2, 0) is 37.5 Å². The number of hydrogen-bond acceptors (Lipinski definition) is 1. The Morgan fingerprint density at radius 2 is 2.29 bits per heavy atom. The molecule has 1 radical (unpaired) electrons. The van der Waals surface area contributed by atoms with Crippen LogP contribution in [0.3, 0.4) is 0 Å². The second-order valence-electron chi connectivity index (χ2n) is 1.39. The summed E-state index contributed by atoms with van der Waals surface area (Å²) in [6, 6.07) is 0. The van der Waals surface area contributed by atoms with Crippen molar-refractivity contribution in [3.05, 3.63) is 6.54 Å². The van der Waals surface area contributed by atoms with E-state index in [0.717, 1.165) is 0 Å². The fourth-order valence-electron chi connectivity index (χ4n) is 0.348. The minimum Gasteiger partial charge on any atom is -0.497 e. The fourth-order valence-corrected chi connectivity index (χ4v) is 0.348. The zero-order chi connectivity index (χ0) is 4.57. The van der Waals surface area contributed by atoms with Gasteiger partial charge in [0.1, 0.15) is 0 Å². The molecule has 1 fully saturated rings. The van der Waals surface area contributed by atoms with Crippen LogP contribution in [0.1, 0.15) is 6.42 Å². The molecule has 1 aliphatic rings. The number of rotatable bonds is 0. The molecule has 2 nitrogen and oxygen atoms in total. The van der Waals surface area contributed by atoms with Crippen LogP contribution in [0.4, 0.5) is 0 Å². The van der Waals surface area contributed by atoms with Gasteiger partial charge in [-0.3, -0.25) is 4.79 Å². The van der Waals surface area contributed by atoms with Gasteiger partial charge in [0.2, 0.25) is 0 Å². The molecule has 1 aliphatic heterocycles. The third kappa shape index (κ3) is 1.50. The van der Waals surface area contributed by atoms with E-state index >= 15 is 0 Å². The number of β-lactam (4-membered cyclic amide) rings is 1. The van der Waals surface area contributed by atoms with Crippen LogP contribution in [0.2, 0.25) is 0 Å². The first-order valence-corrected chi connectivity index (χ1v) is 1.89. The average molecular weight is 173 g/mol. The standard InChI is InChI=1S/C4H6NO.Y/c1-5-3-2-4(5)6;/h3H,2H2,1H3;/q-1;. The van der Waals surface area contributed by atoms with Crippen molar-refractivity contribution in [1.82, 2.24) is 4.90 Å². The molecular weight excluding hydrogens is 167 g/mol. The van der Waals surface area contributed by atoms with E-state index in [9.17, 15) is 4.79 Å². The smallest absolute Gasteiger partial charge is 0.164 e. The minimum atomic E-state index is 0. The first-order valence-electron chi connectivity index (χ1n) is 1.89. The van der Waals surface area contributed by atoms with Gasteiger partial charge < -0.3 is 4.90 Å². The summed E-state index contributed by atoms with van der Waals surface area (Å²) in [7, 11) is 1.76. The molecule has 0 bridgehead atoms. The van der Waals surface area contributed by atoms with Crippen molar-refractivity contribution in [3.8, 4) is 0 Å². The van der Waals surface area contributed by atoms with Gasteiger partial charge in [0.15, 0.2) is 5.91 Å². The van der Waals surface area contributed by atoms with E-state index in [1.165, 1.54) is 0 Å². The van der Waals surface area contributed by atoms with E-state index in [2.05, 4.69) is 0 Å². The Bertz CT molecular complexity index is 83.8. The van der Waals surface area contributed by atoms with Gasteiger partial charge in [0.25, 0.3) is 0 Å². The van der Waals surface area contributed by atoms with Crippen molar-refractivity contribution in [2.24, 2.45) is 0 Å². The van der Waals surface area contributed by atoms with E-state index in [0.29, 0.717) is 6.42 Å². The molecule has 37 valence electrons. The molecule has 1 saturated heterocycles. The molecule has 0 aliphatic carbocycles. The Labute approximate surface area is 68.1 Å². The zero-order valence-electron chi connectivity index (χ0n) is 4.22. The topological polar surface area (TPSA) is 20.3 Å². The number of carbonyl (C=O) groups excluding carboxylic acids is 1. The van der Waals surface area contributed by atoms with E-state index < -0.39 is 0 Å². The van der Waals surface area contributed by atoms with Gasteiger partial charge in [-0.1, -0.05) is 6.42 Å². The fraction of sp³-hybridized carbons (Fsp3) is 0.500. The van der Waals surface area contributed by atoms with Gasteiger partial charge in [-0.05, 0) is 7.05 Å². The largest absolute Gasteiger partial charge is 0.497 e. The van der Waals surface area contributed by atoms with E-state index in [-0.39, 0.29) is 38.6 Å². The minimum absolute atomic E-state index is 0. The molecule has 0 unspecified atom stereocenters. The van der Waals surface area contributed by atoms with Crippen LogP contribution in [0.15, 0.2) is 0 Å². The number of likely N-dealkylation sites (tertiary alicyclic amines) is 1. The van der Waals surface area contributed by atoms with Crippen molar-refractivity contribution in [3.63, 3.8) is 0 Å². The molecule has 1 amide bonds. The molecule has 7 heavy (non-hydrogen) atoms. The quantitative estimate of drug-likeness (QED) is 0.373. The number of nitrogens with zero attached hydrogens (tertiary/aromatic N) is 1. The van der Waals surface area contributed by atoms with Crippen molar-refractivity contribution in [2.75, 3.05) is 7.05 Å². The van der Waals surface area contributed by atoms with E-state index in [1.807, 2.05) is 6.54 Å². The number of amides is 1. The summed E-state index contributed by atoms with van der Waals surface area (Å²) < 4.78 is 0.